The van der Waals surface area contributed by atoms with Gasteiger partial charge in [-0.2, -0.15) is 10.4 Å². The summed E-state index contributed by atoms with van der Waals surface area (Å²) in [5, 5.41) is 14.5. The number of nitriles is 1. The van der Waals surface area contributed by atoms with Crippen LogP contribution in [0.15, 0.2) is 67.3 Å². The molecule has 0 N–H and O–H groups in total. The Morgan fingerprint density at radius 1 is 0.958 bits per heavy atom. The number of imidazole rings is 1. The molecular formula is C19H15N5. The predicted molar refractivity (Wildman–Crippen MR) is 91.3 cm³/mol. The zero-order chi connectivity index (χ0) is 16.4. The van der Waals surface area contributed by atoms with Gasteiger partial charge in [0, 0.05) is 11.9 Å². The third-order valence-electron chi connectivity index (χ3n) is 4.10. The van der Waals surface area contributed by atoms with E-state index in [0.717, 1.165) is 28.7 Å². The molecule has 5 heteroatoms. The summed E-state index contributed by atoms with van der Waals surface area (Å²) in [7, 11) is 0. The first-order valence-corrected chi connectivity index (χ1v) is 7.72. The molecule has 4 aromatic rings. The summed E-state index contributed by atoms with van der Waals surface area (Å²) >= 11 is 0. The minimum atomic E-state index is 0.670. The smallest absolute Gasteiger partial charge is 0.0991 e. The Morgan fingerprint density at radius 3 is 2.62 bits per heavy atom. The fourth-order valence-corrected chi connectivity index (χ4v) is 2.81. The van der Waals surface area contributed by atoms with E-state index in [9.17, 15) is 0 Å². The van der Waals surface area contributed by atoms with Gasteiger partial charge >= 0.3 is 0 Å². The van der Waals surface area contributed by atoms with Crippen LogP contribution in [0.1, 0.15) is 16.8 Å². The van der Waals surface area contributed by atoms with Crippen LogP contribution in [0.5, 0.6) is 0 Å². The molecular weight excluding hydrogens is 298 g/mol. The topological polar surface area (TPSA) is 59.4 Å². The second-order valence-corrected chi connectivity index (χ2v) is 5.68. The Balaban J connectivity index is 1.59. The van der Waals surface area contributed by atoms with Crippen molar-refractivity contribution in [1.29, 1.82) is 5.26 Å². The zero-order valence-corrected chi connectivity index (χ0v) is 13.0. The fourth-order valence-electron chi connectivity index (χ4n) is 2.81. The maximum absolute atomic E-state index is 8.88. The largest absolute Gasteiger partial charge is 0.328 e. The van der Waals surface area contributed by atoms with Gasteiger partial charge in [-0.3, -0.25) is 4.68 Å². The summed E-state index contributed by atoms with van der Waals surface area (Å²) in [4.78, 5) is 4.28. The van der Waals surface area contributed by atoms with Gasteiger partial charge in [0.05, 0.1) is 48.1 Å². The van der Waals surface area contributed by atoms with Gasteiger partial charge in [0.1, 0.15) is 0 Å². The van der Waals surface area contributed by atoms with Gasteiger partial charge in [0.15, 0.2) is 0 Å². The highest BCUT2D eigenvalue weighted by atomic mass is 15.3. The number of aromatic nitrogens is 4. The molecule has 5 nitrogen and oxygen atoms in total. The standard InChI is InChI=1S/C19H15N5/c20-9-15-5-7-16(8-6-15)12-23-14-21-11-18(23)13-24-19-4-2-1-3-17(19)10-22-24/h1-8,10-11,14H,12-13H2. The minimum Gasteiger partial charge on any atom is -0.328 e. The molecule has 0 spiro atoms. The fraction of sp³-hybridized carbons (Fsp3) is 0.105. The van der Waals surface area contributed by atoms with E-state index in [1.165, 1.54) is 0 Å². The normalized spacial score (nSPS) is 10.8. The van der Waals surface area contributed by atoms with Crippen LogP contribution in [-0.2, 0) is 13.1 Å². The second kappa shape index (κ2) is 6.01. The molecule has 0 atom stereocenters. The van der Waals surface area contributed by atoms with Crippen molar-refractivity contribution < 1.29 is 0 Å². The highest BCUT2D eigenvalue weighted by Gasteiger charge is 2.07. The van der Waals surface area contributed by atoms with Crippen molar-refractivity contribution in [3.05, 3.63) is 84.1 Å². The van der Waals surface area contributed by atoms with E-state index in [1.54, 1.807) is 0 Å². The number of hydrogen-bond donors (Lipinski definition) is 0. The van der Waals surface area contributed by atoms with Crippen LogP contribution in [0, 0.1) is 11.3 Å². The van der Waals surface area contributed by atoms with Crippen molar-refractivity contribution in [2.24, 2.45) is 0 Å². The van der Waals surface area contributed by atoms with Gasteiger partial charge in [-0.1, -0.05) is 30.3 Å². The first-order valence-electron chi connectivity index (χ1n) is 7.72. The van der Waals surface area contributed by atoms with Crippen molar-refractivity contribution in [2.75, 3.05) is 0 Å². The average Bonchev–Trinajstić information content (AvgIpc) is 3.24. The summed E-state index contributed by atoms with van der Waals surface area (Å²) < 4.78 is 4.10. The van der Waals surface area contributed by atoms with Crippen LogP contribution >= 0.6 is 0 Å². The van der Waals surface area contributed by atoms with Crippen LogP contribution in [0.2, 0.25) is 0 Å². The molecule has 0 aliphatic carbocycles. The van der Waals surface area contributed by atoms with Gasteiger partial charge < -0.3 is 4.57 Å². The Kier molecular flexibility index (Phi) is 3.56. The van der Waals surface area contributed by atoms with Crippen molar-refractivity contribution in [3.8, 4) is 6.07 Å². The van der Waals surface area contributed by atoms with E-state index in [-0.39, 0.29) is 0 Å². The lowest BCUT2D eigenvalue weighted by atomic mass is 10.1. The molecule has 24 heavy (non-hydrogen) atoms. The lowest BCUT2D eigenvalue weighted by molar-refractivity contribution is 0.647. The molecule has 0 bridgehead atoms. The predicted octanol–water partition coefficient (Wildman–Crippen LogP) is 3.20. The molecule has 0 aliphatic heterocycles. The van der Waals surface area contributed by atoms with Crippen molar-refractivity contribution >= 4 is 10.9 Å². The molecule has 4 rings (SSSR count). The molecule has 2 aromatic carbocycles. The highest BCUT2D eigenvalue weighted by Crippen LogP contribution is 2.15. The van der Waals surface area contributed by atoms with Crippen LogP contribution < -0.4 is 0 Å². The monoisotopic (exact) mass is 313 g/mol. The maximum atomic E-state index is 8.88. The van der Waals surface area contributed by atoms with Crippen LogP contribution in [0.3, 0.4) is 0 Å². The average molecular weight is 313 g/mol. The van der Waals surface area contributed by atoms with E-state index in [4.69, 9.17) is 5.26 Å². The Hall–Kier alpha value is -3.39. The Labute approximate surface area is 139 Å². The van der Waals surface area contributed by atoms with Crippen molar-refractivity contribution in [3.63, 3.8) is 0 Å². The molecule has 0 saturated heterocycles. The third kappa shape index (κ3) is 2.66. The van der Waals surface area contributed by atoms with Crippen molar-refractivity contribution in [2.45, 2.75) is 13.1 Å². The van der Waals surface area contributed by atoms with Crippen LogP contribution in [0.4, 0.5) is 0 Å². The molecule has 0 radical (unpaired) electrons. The van der Waals surface area contributed by atoms with Crippen LogP contribution in [0.25, 0.3) is 10.9 Å². The first-order chi connectivity index (χ1) is 11.8. The maximum Gasteiger partial charge on any atom is 0.0991 e. The lowest BCUT2D eigenvalue weighted by Crippen LogP contribution is -2.09. The van der Waals surface area contributed by atoms with Gasteiger partial charge in [-0.25, -0.2) is 4.98 Å². The number of benzene rings is 2. The molecule has 2 heterocycles. The second-order valence-electron chi connectivity index (χ2n) is 5.68. The summed E-state index contributed by atoms with van der Waals surface area (Å²) in [6.07, 6.45) is 5.59. The first kappa shape index (κ1) is 14.2. The lowest BCUT2D eigenvalue weighted by Gasteiger charge is -2.09. The summed E-state index contributed by atoms with van der Waals surface area (Å²) in [5.74, 6) is 0. The molecule has 2 aromatic heterocycles. The molecule has 116 valence electrons. The van der Waals surface area contributed by atoms with Gasteiger partial charge in [-0.15, -0.1) is 0 Å². The summed E-state index contributed by atoms with van der Waals surface area (Å²) in [6, 6.07) is 18.0. The number of nitrogens with zero attached hydrogens (tertiary/aromatic N) is 5. The van der Waals surface area contributed by atoms with E-state index in [2.05, 4.69) is 32.9 Å². The third-order valence-corrected chi connectivity index (χ3v) is 4.10. The van der Waals surface area contributed by atoms with E-state index in [0.29, 0.717) is 12.1 Å². The molecule has 0 aliphatic rings. The molecule has 0 amide bonds. The van der Waals surface area contributed by atoms with Gasteiger partial charge in [-0.05, 0) is 23.8 Å². The number of para-hydroxylation sites is 1. The number of rotatable bonds is 4. The Morgan fingerprint density at radius 2 is 1.79 bits per heavy atom. The van der Waals surface area contributed by atoms with Crippen molar-refractivity contribution in [1.82, 2.24) is 19.3 Å². The summed E-state index contributed by atoms with van der Waals surface area (Å²) in [5.41, 5.74) is 4.02. The number of hydrogen-bond acceptors (Lipinski definition) is 3. The van der Waals surface area contributed by atoms with Gasteiger partial charge in [0.25, 0.3) is 0 Å². The minimum absolute atomic E-state index is 0.670. The zero-order valence-electron chi connectivity index (χ0n) is 13.0. The SMILES string of the molecule is N#Cc1ccc(Cn2cncc2Cn2ncc3ccccc32)cc1. The van der Waals surface area contributed by atoms with E-state index in [1.807, 2.05) is 59.8 Å². The highest BCUT2D eigenvalue weighted by molar-refractivity contribution is 5.78. The summed E-state index contributed by atoms with van der Waals surface area (Å²) in [6.45, 7) is 1.39. The Bertz CT molecular complexity index is 1020. The molecule has 0 unspecified atom stereocenters. The van der Waals surface area contributed by atoms with E-state index < -0.39 is 0 Å². The van der Waals surface area contributed by atoms with E-state index >= 15 is 0 Å². The number of fused-ring (bicyclic) bond motifs is 1. The molecule has 0 fully saturated rings. The van der Waals surface area contributed by atoms with Gasteiger partial charge in [0.2, 0.25) is 0 Å². The molecule has 0 saturated carbocycles. The quantitative estimate of drug-likeness (QED) is 0.581. The van der Waals surface area contributed by atoms with Crippen LogP contribution in [-0.4, -0.2) is 19.3 Å².